The van der Waals surface area contributed by atoms with Gasteiger partial charge < -0.3 is 0 Å². The van der Waals surface area contributed by atoms with Gasteiger partial charge in [-0.3, -0.25) is 0 Å². The Balaban J connectivity index is 3.31. The topological polar surface area (TPSA) is 60.7 Å². The van der Waals surface area contributed by atoms with Crippen molar-refractivity contribution in [3.05, 3.63) is 29.8 Å². The molecule has 0 atom stereocenters. The molecule has 3 N–H and O–H groups in total. The van der Waals surface area contributed by atoms with Crippen LogP contribution in [0.1, 0.15) is 5.56 Å². The molecule has 1 aromatic carbocycles. The first kappa shape index (κ1) is 11.4. The summed E-state index contributed by atoms with van der Waals surface area (Å²) in [4.78, 5) is 26.3. The van der Waals surface area contributed by atoms with Gasteiger partial charge in [0.2, 0.25) is 0 Å². The summed E-state index contributed by atoms with van der Waals surface area (Å²) in [5.41, 5.74) is -1.22. The zero-order chi connectivity index (χ0) is 11.0. The van der Waals surface area contributed by atoms with Crippen molar-refractivity contribution in [1.29, 1.82) is 0 Å². The van der Waals surface area contributed by atoms with Crippen molar-refractivity contribution in [2.24, 2.45) is 0 Å². The second-order valence-corrected chi connectivity index (χ2v) is 4.49. The molecule has 0 unspecified atom stereocenters. The van der Waals surface area contributed by atoms with Gasteiger partial charge in [-0.2, -0.15) is 0 Å². The van der Waals surface area contributed by atoms with Crippen LogP contribution in [0, 0.1) is 0 Å². The van der Waals surface area contributed by atoms with Gasteiger partial charge in [0, 0.05) is 0 Å². The van der Waals surface area contributed by atoms with Crippen LogP contribution in [-0.2, 0) is 6.18 Å². The van der Waals surface area contributed by atoms with Crippen LogP contribution in [-0.4, -0.2) is 14.7 Å². The molecule has 0 aromatic heterocycles. The molecule has 7 heteroatoms. The molecule has 3 nitrogen and oxygen atoms in total. The molecule has 0 heterocycles. The second-order valence-electron chi connectivity index (χ2n) is 2.68. The molecule has 80 valence electrons. The van der Waals surface area contributed by atoms with Crippen molar-refractivity contribution in [3.8, 4) is 0 Å². The van der Waals surface area contributed by atoms with Crippen LogP contribution in [0.4, 0.5) is 13.2 Å². The normalized spacial score (nSPS) is 14.1. The molecule has 0 saturated carbocycles. The van der Waals surface area contributed by atoms with Gasteiger partial charge in [-0.1, -0.05) is 0 Å². The molecule has 14 heavy (non-hydrogen) atoms. The third kappa shape index (κ3) is 2.42. The Morgan fingerprint density at radius 3 is 1.86 bits per heavy atom. The predicted molar refractivity (Wildman–Crippen MR) is 46.0 cm³/mol. The zero-order valence-corrected chi connectivity index (χ0v) is 7.78. The standard InChI is InChI=1S/C7H8F3O3P/c8-7(9,10)5-3-1-2-4-6(5)14(11,12)13/h1-4,11-14H. The second kappa shape index (κ2) is 3.47. The Bertz CT molecular complexity index is 299. The average Bonchev–Trinajstić information content (AvgIpc) is 2.01. The van der Waals surface area contributed by atoms with Gasteiger partial charge in [-0.25, -0.2) is 0 Å². The van der Waals surface area contributed by atoms with E-state index in [1.807, 2.05) is 0 Å². The minimum absolute atomic E-state index is 0.680. The number of hydrogen-bond donors (Lipinski definition) is 3. The van der Waals surface area contributed by atoms with Crippen molar-refractivity contribution in [1.82, 2.24) is 0 Å². The molecule has 1 rings (SSSR count). The molecule has 0 aliphatic heterocycles. The molecule has 0 saturated heterocycles. The van der Waals surface area contributed by atoms with Gasteiger partial charge in [0.25, 0.3) is 0 Å². The van der Waals surface area contributed by atoms with Crippen molar-refractivity contribution in [2.45, 2.75) is 6.18 Å². The van der Waals surface area contributed by atoms with Gasteiger partial charge in [-0.05, 0) is 0 Å². The summed E-state index contributed by atoms with van der Waals surface area (Å²) in [7, 11) is -4.91. The number of rotatable bonds is 1. The molecule has 0 aliphatic carbocycles. The molecule has 0 amide bonds. The van der Waals surface area contributed by atoms with Crippen LogP contribution >= 0.6 is 7.94 Å². The molecule has 0 aliphatic rings. The maximum atomic E-state index is 12.3. The summed E-state index contributed by atoms with van der Waals surface area (Å²) in [5, 5.41) is -0.854. The van der Waals surface area contributed by atoms with E-state index in [1.165, 1.54) is 6.07 Å². The summed E-state index contributed by atoms with van der Waals surface area (Å²) in [6, 6.07) is 3.82. The molecule has 0 radical (unpaired) electrons. The van der Waals surface area contributed by atoms with Gasteiger partial charge in [0.15, 0.2) is 0 Å². The fraction of sp³-hybridized carbons (Fsp3) is 0.143. The predicted octanol–water partition coefficient (Wildman–Crippen LogP) is 0.802. The molecular weight excluding hydrogens is 220 g/mol. The quantitative estimate of drug-likeness (QED) is 0.623. The number of hydrogen-bond acceptors (Lipinski definition) is 3. The van der Waals surface area contributed by atoms with E-state index in [2.05, 4.69) is 0 Å². The minimum atomic E-state index is -4.91. The van der Waals surface area contributed by atoms with Crippen molar-refractivity contribution < 1.29 is 27.9 Å². The Hall–Kier alpha value is -0.680. The number of benzene rings is 1. The van der Waals surface area contributed by atoms with Crippen LogP contribution in [0.3, 0.4) is 0 Å². The zero-order valence-electron chi connectivity index (χ0n) is 6.78. The number of alkyl halides is 3. The Morgan fingerprint density at radius 2 is 1.50 bits per heavy atom. The van der Waals surface area contributed by atoms with Crippen LogP contribution in [0.5, 0.6) is 0 Å². The first-order valence-corrected chi connectivity index (χ1v) is 5.41. The van der Waals surface area contributed by atoms with Crippen LogP contribution in [0.25, 0.3) is 0 Å². The third-order valence-corrected chi connectivity index (χ3v) is 2.75. The fourth-order valence-corrected chi connectivity index (χ4v) is 1.93. The first-order chi connectivity index (χ1) is 6.23. The fourth-order valence-electron chi connectivity index (χ4n) is 1.02. The molecule has 1 aromatic rings. The van der Waals surface area contributed by atoms with E-state index >= 15 is 0 Å². The van der Waals surface area contributed by atoms with Gasteiger partial charge in [-0.15, -0.1) is 0 Å². The third-order valence-electron chi connectivity index (χ3n) is 1.59. The Kier molecular flexibility index (Phi) is 2.83. The van der Waals surface area contributed by atoms with E-state index in [-0.39, 0.29) is 0 Å². The first-order valence-electron chi connectivity index (χ1n) is 3.57. The summed E-state index contributed by atoms with van der Waals surface area (Å²) in [6.45, 7) is 0. The van der Waals surface area contributed by atoms with E-state index in [4.69, 9.17) is 14.7 Å². The molecule has 0 bridgehead atoms. The van der Waals surface area contributed by atoms with Crippen LogP contribution in [0.2, 0.25) is 0 Å². The van der Waals surface area contributed by atoms with Crippen LogP contribution in [0.15, 0.2) is 24.3 Å². The summed E-state index contributed by atoms with van der Waals surface area (Å²) in [5.74, 6) is 0. The van der Waals surface area contributed by atoms with Crippen molar-refractivity contribution in [2.75, 3.05) is 0 Å². The van der Waals surface area contributed by atoms with Gasteiger partial charge in [0.1, 0.15) is 0 Å². The summed E-state index contributed by atoms with van der Waals surface area (Å²) >= 11 is 0. The Morgan fingerprint density at radius 1 is 1.00 bits per heavy atom. The van der Waals surface area contributed by atoms with E-state index in [0.717, 1.165) is 12.1 Å². The van der Waals surface area contributed by atoms with E-state index in [0.29, 0.717) is 6.07 Å². The maximum absolute atomic E-state index is 12.3. The summed E-state index contributed by atoms with van der Waals surface area (Å²) in [6.07, 6.45) is -4.71. The average molecular weight is 228 g/mol. The van der Waals surface area contributed by atoms with E-state index in [1.54, 1.807) is 0 Å². The SMILES string of the molecule is O[PH](O)(O)c1ccccc1C(F)(F)F. The Labute approximate surface area is 78.0 Å². The molecule has 0 spiro atoms. The summed E-state index contributed by atoms with van der Waals surface area (Å²) < 4.78 is 36.8. The number of halogens is 3. The monoisotopic (exact) mass is 228 g/mol. The van der Waals surface area contributed by atoms with Crippen molar-refractivity contribution in [3.63, 3.8) is 0 Å². The molecular formula is C7H8F3O3P. The van der Waals surface area contributed by atoms with E-state index in [9.17, 15) is 13.2 Å². The van der Waals surface area contributed by atoms with Gasteiger partial charge in [0.05, 0.1) is 0 Å². The molecule has 0 fully saturated rings. The van der Waals surface area contributed by atoms with Gasteiger partial charge >= 0.3 is 77.1 Å². The van der Waals surface area contributed by atoms with Crippen LogP contribution < -0.4 is 5.30 Å². The van der Waals surface area contributed by atoms with Crippen molar-refractivity contribution >= 4 is 13.2 Å². The van der Waals surface area contributed by atoms with E-state index < -0.39 is 25.0 Å².